The van der Waals surface area contributed by atoms with Gasteiger partial charge in [-0.3, -0.25) is 0 Å². The third-order valence-corrected chi connectivity index (χ3v) is 10.0. The van der Waals surface area contributed by atoms with Crippen LogP contribution in [0.25, 0.3) is 16.3 Å². The summed E-state index contributed by atoms with van der Waals surface area (Å²) in [5.74, 6) is 0.679. The lowest BCUT2D eigenvalue weighted by Crippen LogP contribution is -2.33. The molecule has 1 unspecified atom stereocenters. The fourth-order valence-electron chi connectivity index (χ4n) is 5.58. The first-order valence-corrected chi connectivity index (χ1v) is 15.1. The van der Waals surface area contributed by atoms with Gasteiger partial charge in [-0.2, -0.15) is 4.57 Å². The van der Waals surface area contributed by atoms with E-state index in [1.165, 1.54) is 60.4 Å². The highest BCUT2D eigenvalue weighted by atomic mass is 35.5. The number of benzene rings is 2. The Kier molecular flexibility index (Phi) is 6.81. The van der Waals surface area contributed by atoms with Crippen LogP contribution < -0.4 is 9.47 Å². The Morgan fingerprint density at radius 2 is 1.81 bits per heavy atom. The van der Waals surface area contributed by atoms with Crippen LogP contribution in [0.5, 0.6) is 0 Å². The largest absolute Gasteiger partial charge is 0.335 e. The lowest BCUT2D eigenvalue weighted by molar-refractivity contribution is -0.665. The Balaban J connectivity index is 1.31. The van der Waals surface area contributed by atoms with Crippen molar-refractivity contribution in [3.8, 4) is 0 Å². The highest BCUT2D eigenvalue weighted by Crippen LogP contribution is 2.48. The van der Waals surface area contributed by atoms with Gasteiger partial charge in [0.2, 0.25) is 5.52 Å². The summed E-state index contributed by atoms with van der Waals surface area (Å²) in [5.41, 5.74) is 6.88. The number of aryl methyl sites for hydroxylation is 1. The van der Waals surface area contributed by atoms with E-state index in [-0.39, 0.29) is 0 Å². The van der Waals surface area contributed by atoms with Gasteiger partial charge in [0.25, 0.3) is 5.01 Å². The van der Waals surface area contributed by atoms with Crippen molar-refractivity contribution in [2.45, 2.75) is 51.0 Å². The van der Waals surface area contributed by atoms with Crippen LogP contribution in [-0.4, -0.2) is 6.54 Å². The molecule has 0 saturated heterocycles. The van der Waals surface area contributed by atoms with Gasteiger partial charge in [0.15, 0.2) is 0 Å². The number of thiazole rings is 1. The third kappa shape index (κ3) is 4.58. The molecule has 0 fully saturated rings. The van der Waals surface area contributed by atoms with Crippen molar-refractivity contribution >= 4 is 68.3 Å². The lowest BCUT2D eigenvalue weighted by Gasteiger charge is -2.28. The molecule has 6 heteroatoms. The van der Waals surface area contributed by atoms with E-state index in [2.05, 4.69) is 71.9 Å². The average Bonchev–Trinajstić information content (AvgIpc) is 3.39. The van der Waals surface area contributed by atoms with Crippen LogP contribution in [0.3, 0.4) is 0 Å². The number of rotatable bonds is 4. The van der Waals surface area contributed by atoms with E-state index in [1.54, 1.807) is 0 Å². The van der Waals surface area contributed by atoms with Crippen LogP contribution in [0.4, 0.5) is 5.69 Å². The maximum Gasteiger partial charge on any atom is 0.263 e. The summed E-state index contributed by atoms with van der Waals surface area (Å²) in [5, 5.41) is 4.21. The minimum absolute atomic E-state index is 0.679. The molecule has 3 aliphatic rings. The molecule has 36 heavy (non-hydrogen) atoms. The van der Waals surface area contributed by atoms with Crippen LogP contribution in [0.1, 0.15) is 44.5 Å². The fourth-order valence-corrected chi connectivity index (χ4v) is 8.54. The molecule has 0 N–H and O–H groups in total. The summed E-state index contributed by atoms with van der Waals surface area (Å²) in [4.78, 5) is 3.65. The van der Waals surface area contributed by atoms with Gasteiger partial charge in [-0.15, -0.1) is 0 Å². The van der Waals surface area contributed by atoms with E-state index >= 15 is 0 Å². The smallest absolute Gasteiger partial charge is 0.263 e. The number of anilines is 1. The minimum atomic E-state index is 0.679. The van der Waals surface area contributed by atoms with Crippen molar-refractivity contribution in [2.75, 3.05) is 11.4 Å². The summed E-state index contributed by atoms with van der Waals surface area (Å²) in [6, 6.07) is 12.4. The van der Waals surface area contributed by atoms with Crippen LogP contribution >= 0.6 is 46.3 Å². The van der Waals surface area contributed by atoms with E-state index in [4.69, 9.17) is 23.2 Å². The van der Waals surface area contributed by atoms with Crippen LogP contribution in [0.2, 0.25) is 10.0 Å². The van der Waals surface area contributed by atoms with Gasteiger partial charge in [0.1, 0.15) is 11.2 Å². The number of fused-ring (bicyclic) bond motifs is 3. The number of allylic oxidation sites excluding steroid dienone is 6. The van der Waals surface area contributed by atoms with Crippen molar-refractivity contribution in [3.05, 3.63) is 91.4 Å². The molecule has 2 heterocycles. The first-order valence-electron chi connectivity index (χ1n) is 12.7. The molecular formula is C30H29Cl2N2S2+. The van der Waals surface area contributed by atoms with Gasteiger partial charge in [0, 0.05) is 33.6 Å². The number of halogens is 2. The Bertz CT molecular complexity index is 1480. The topological polar surface area (TPSA) is 7.12 Å². The molecule has 1 aromatic heterocycles. The Hall–Kier alpha value is -1.98. The van der Waals surface area contributed by atoms with Crippen molar-refractivity contribution in [1.82, 2.24) is 0 Å². The second-order valence-corrected chi connectivity index (χ2v) is 12.6. The Morgan fingerprint density at radius 3 is 2.64 bits per heavy atom. The number of hydrogen-bond donors (Lipinski definition) is 0. The van der Waals surface area contributed by atoms with Gasteiger partial charge < -0.3 is 4.90 Å². The second-order valence-electron chi connectivity index (χ2n) is 9.59. The van der Waals surface area contributed by atoms with Crippen molar-refractivity contribution in [1.29, 1.82) is 0 Å². The van der Waals surface area contributed by atoms with E-state index in [9.17, 15) is 0 Å². The van der Waals surface area contributed by atoms with E-state index < -0.39 is 0 Å². The molecule has 184 valence electrons. The first-order chi connectivity index (χ1) is 17.5. The molecule has 0 radical (unpaired) electrons. The molecule has 0 amide bonds. The van der Waals surface area contributed by atoms with E-state index in [1.807, 2.05) is 35.2 Å². The molecule has 1 aliphatic heterocycles. The maximum atomic E-state index is 6.27. The zero-order valence-corrected chi connectivity index (χ0v) is 23.7. The third-order valence-electron chi connectivity index (χ3n) is 7.38. The molecule has 0 saturated carbocycles. The van der Waals surface area contributed by atoms with Crippen LogP contribution in [0.15, 0.2) is 81.3 Å². The minimum Gasteiger partial charge on any atom is -0.335 e. The predicted octanol–water partition coefficient (Wildman–Crippen LogP) is 9.43. The van der Waals surface area contributed by atoms with Crippen molar-refractivity contribution in [2.24, 2.45) is 5.92 Å². The molecule has 6 rings (SSSR count). The zero-order valence-electron chi connectivity index (χ0n) is 20.6. The number of nitrogens with zero attached hydrogens (tertiary/aromatic N) is 2. The summed E-state index contributed by atoms with van der Waals surface area (Å²) in [7, 11) is 0. The molecule has 2 aliphatic carbocycles. The maximum absolute atomic E-state index is 6.27. The van der Waals surface area contributed by atoms with Gasteiger partial charge in [-0.05, 0) is 98.6 Å². The molecule has 2 nitrogen and oxygen atoms in total. The molecule has 0 bridgehead atoms. The summed E-state index contributed by atoms with van der Waals surface area (Å²) < 4.78 is 3.65. The molecule has 1 atom stereocenters. The van der Waals surface area contributed by atoms with Gasteiger partial charge >= 0.3 is 0 Å². The first kappa shape index (κ1) is 24.4. The predicted molar refractivity (Wildman–Crippen MR) is 157 cm³/mol. The molecule has 2 aromatic carbocycles. The highest BCUT2D eigenvalue weighted by Gasteiger charge is 2.27. The van der Waals surface area contributed by atoms with Crippen LogP contribution in [-0.2, 0) is 6.54 Å². The Morgan fingerprint density at radius 1 is 1.00 bits per heavy atom. The Labute approximate surface area is 231 Å². The number of thioether (sulfide) groups is 1. The molecular weight excluding hydrogens is 523 g/mol. The van der Waals surface area contributed by atoms with Crippen molar-refractivity contribution in [3.63, 3.8) is 0 Å². The molecule has 0 spiro atoms. The zero-order chi connectivity index (χ0) is 24.8. The second kappa shape index (κ2) is 10.1. The standard InChI is InChI=1S/C30H29Cl2N2S2/c1-3-33-25-11-9-23(31)17-27(25)35-29(33)15-19-5-7-21-8-6-20(14-22(21)13-19)16-30-34(4-2)26-12-10-24(32)18-28(26)36-30/h9-18,21H,3-8H2,1-2H3/q+1. The lowest BCUT2D eigenvalue weighted by atomic mass is 9.77. The monoisotopic (exact) mass is 551 g/mol. The SMILES string of the molecule is CCN1/C(=C/C2=CC3=C/C(=C/c4sc5cc(Cl)ccc5[n+]4CC)CCC3CC2)Sc2cc(Cl)ccc21. The van der Waals surface area contributed by atoms with Crippen molar-refractivity contribution < 1.29 is 4.57 Å². The summed E-state index contributed by atoms with van der Waals surface area (Å²) in [6.45, 7) is 6.34. The quantitative estimate of drug-likeness (QED) is 0.298. The summed E-state index contributed by atoms with van der Waals surface area (Å²) >= 11 is 16.2. The normalized spacial score (nSPS) is 21.7. The number of hydrogen-bond acceptors (Lipinski definition) is 3. The fraction of sp³-hybridized carbons (Fsp3) is 0.300. The van der Waals surface area contributed by atoms with Gasteiger partial charge in [0.05, 0.1) is 10.7 Å². The van der Waals surface area contributed by atoms with Gasteiger partial charge in [-0.25, -0.2) is 0 Å². The number of aromatic nitrogens is 1. The molecule has 3 aromatic rings. The highest BCUT2D eigenvalue weighted by molar-refractivity contribution is 8.03. The average molecular weight is 553 g/mol. The summed E-state index contributed by atoms with van der Waals surface area (Å²) in [6.07, 6.45) is 14.5. The van der Waals surface area contributed by atoms with E-state index in [0.29, 0.717) is 5.92 Å². The van der Waals surface area contributed by atoms with E-state index in [0.717, 1.165) is 36.0 Å². The van der Waals surface area contributed by atoms with Crippen LogP contribution in [0, 0.1) is 5.92 Å². The van der Waals surface area contributed by atoms with Gasteiger partial charge in [-0.1, -0.05) is 58.5 Å².